The Hall–Kier alpha value is -3.32. The van der Waals surface area contributed by atoms with Gasteiger partial charge in [-0.3, -0.25) is 19.3 Å². The van der Waals surface area contributed by atoms with Crippen LogP contribution in [0, 0.1) is 5.82 Å². The quantitative estimate of drug-likeness (QED) is 0.569. The zero-order chi connectivity index (χ0) is 21.0. The Morgan fingerprint density at radius 2 is 1.50 bits per heavy atom. The number of Topliss-reactive ketones (excluding diaryl/α,β-unsaturated/α-hetero) is 2. The van der Waals surface area contributed by atoms with Crippen molar-refractivity contribution >= 4 is 39.1 Å². The minimum absolute atomic E-state index is 0.0382. The molecule has 0 bridgehead atoms. The van der Waals surface area contributed by atoms with Gasteiger partial charge in [0.15, 0.2) is 0 Å². The number of fused-ring (bicyclic) bond motifs is 2. The van der Waals surface area contributed by atoms with E-state index >= 15 is 0 Å². The van der Waals surface area contributed by atoms with Gasteiger partial charge in [-0.2, -0.15) is 0 Å². The molecule has 0 unspecified atom stereocenters. The first kappa shape index (κ1) is 18.7. The topological polar surface area (TPSA) is 66.5 Å². The van der Waals surface area contributed by atoms with Crippen molar-refractivity contribution in [1.29, 1.82) is 0 Å². The summed E-state index contributed by atoms with van der Waals surface area (Å²) >= 11 is 3.36. The molecule has 1 aliphatic carbocycles. The van der Waals surface area contributed by atoms with Crippen molar-refractivity contribution in [3.05, 3.63) is 99.3 Å². The van der Waals surface area contributed by atoms with Gasteiger partial charge in [0.05, 0.1) is 5.56 Å². The molecule has 1 heterocycles. The molecular formula is C23H14BrFN2O3. The van der Waals surface area contributed by atoms with Crippen molar-refractivity contribution < 1.29 is 18.8 Å². The highest BCUT2D eigenvalue weighted by atomic mass is 79.9. The van der Waals surface area contributed by atoms with Crippen molar-refractivity contribution in [2.24, 2.45) is 0 Å². The van der Waals surface area contributed by atoms with Crippen LogP contribution in [0.15, 0.2) is 71.2 Å². The van der Waals surface area contributed by atoms with E-state index in [1.165, 1.54) is 29.2 Å². The van der Waals surface area contributed by atoms with E-state index in [1.807, 2.05) is 0 Å². The van der Waals surface area contributed by atoms with Crippen molar-refractivity contribution in [2.75, 3.05) is 5.32 Å². The molecule has 5 nitrogen and oxygen atoms in total. The van der Waals surface area contributed by atoms with Crippen LogP contribution in [0.25, 0.3) is 0 Å². The molecule has 0 fully saturated rings. The Balaban J connectivity index is 1.70. The van der Waals surface area contributed by atoms with Gasteiger partial charge in [-0.25, -0.2) is 4.39 Å². The summed E-state index contributed by atoms with van der Waals surface area (Å²) in [4.78, 5) is 41.8. The highest BCUT2D eigenvalue weighted by molar-refractivity contribution is 9.10. The summed E-state index contributed by atoms with van der Waals surface area (Å²) in [6.07, 6.45) is 0. The molecule has 0 saturated carbocycles. The summed E-state index contributed by atoms with van der Waals surface area (Å²) in [5, 5.41) is 3.07. The highest BCUT2D eigenvalue weighted by Crippen LogP contribution is 2.42. The third-order valence-corrected chi connectivity index (χ3v) is 6.00. The predicted octanol–water partition coefficient (Wildman–Crippen LogP) is 4.43. The van der Waals surface area contributed by atoms with E-state index in [9.17, 15) is 18.8 Å². The summed E-state index contributed by atoms with van der Waals surface area (Å²) in [5.41, 5.74) is 0.0123. The van der Waals surface area contributed by atoms with Crippen LogP contribution in [0.5, 0.6) is 0 Å². The fourth-order valence-corrected chi connectivity index (χ4v) is 4.42. The maximum absolute atomic E-state index is 13.5. The van der Waals surface area contributed by atoms with E-state index in [0.717, 1.165) is 0 Å². The molecule has 0 atom stereocenters. The molecule has 0 radical (unpaired) electrons. The Kier molecular flexibility index (Phi) is 4.11. The lowest BCUT2D eigenvalue weighted by atomic mass is 9.94. The van der Waals surface area contributed by atoms with Crippen LogP contribution in [0.2, 0.25) is 0 Å². The molecule has 5 rings (SSSR count). The molecular weight excluding hydrogens is 451 g/mol. The van der Waals surface area contributed by atoms with E-state index in [2.05, 4.69) is 21.2 Å². The zero-order valence-corrected chi connectivity index (χ0v) is 17.1. The number of nitrogens with one attached hydrogen (secondary N) is 1. The van der Waals surface area contributed by atoms with Crippen LogP contribution >= 0.6 is 15.9 Å². The molecule has 1 N–H and O–H groups in total. The van der Waals surface area contributed by atoms with Crippen LogP contribution < -0.4 is 5.32 Å². The first-order valence-corrected chi connectivity index (χ1v) is 10.0. The van der Waals surface area contributed by atoms with Gasteiger partial charge in [0.1, 0.15) is 5.82 Å². The van der Waals surface area contributed by atoms with Gasteiger partial charge in [-0.05, 0) is 35.9 Å². The van der Waals surface area contributed by atoms with Crippen LogP contribution in [-0.4, -0.2) is 28.0 Å². The second kappa shape index (κ2) is 6.60. The first-order valence-electron chi connectivity index (χ1n) is 9.24. The molecule has 0 aromatic heterocycles. The highest BCUT2D eigenvalue weighted by Gasteiger charge is 2.60. The van der Waals surface area contributed by atoms with E-state index < -0.39 is 29.0 Å². The summed E-state index contributed by atoms with van der Waals surface area (Å²) in [7, 11) is 0. The number of rotatable bonds is 2. The summed E-state index contributed by atoms with van der Waals surface area (Å²) in [6, 6.07) is 17.2. The number of carbonyl (C=O) groups excluding carboxylic acids is 3. The minimum atomic E-state index is -1.88. The number of hydrogen-bond donors (Lipinski definition) is 1. The van der Waals surface area contributed by atoms with E-state index in [-0.39, 0.29) is 17.7 Å². The number of hydrogen-bond acceptors (Lipinski definition) is 4. The minimum Gasteiger partial charge on any atom is -0.349 e. The van der Waals surface area contributed by atoms with Gasteiger partial charge in [0.25, 0.3) is 5.91 Å². The summed E-state index contributed by atoms with van der Waals surface area (Å²) < 4.78 is 14.1. The molecule has 1 aliphatic heterocycles. The van der Waals surface area contributed by atoms with Crippen LogP contribution in [0.3, 0.4) is 0 Å². The summed E-state index contributed by atoms with van der Waals surface area (Å²) in [5.74, 6) is -1.82. The van der Waals surface area contributed by atoms with Gasteiger partial charge in [0, 0.05) is 27.8 Å². The van der Waals surface area contributed by atoms with E-state index in [0.29, 0.717) is 21.3 Å². The second-order valence-electron chi connectivity index (χ2n) is 7.25. The van der Waals surface area contributed by atoms with Crippen molar-refractivity contribution in [1.82, 2.24) is 4.90 Å². The number of halogens is 2. The average Bonchev–Trinajstić information content (AvgIpc) is 2.96. The van der Waals surface area contributed by atoms with Crippen molar-refractivity contribution in [3.63, 3.8) is 0 Å². The molecule has 3 aromatic rings. The smallest absolute Gasteiger partial charge is 0.258 e. The molecule has 148 valence electrons. The Labute approximate surface area is 179 Å². The molecule has 3 aromatic carbocycles. The summed E-state index contributed by atoms with van der Waals surface area (Å²) in [6.45, 7) is -0.0382. The van der Waals surface area contributed by atoms with Crippen LogP contribution in [0.4, 0.5) is 10.1 Å². The number of nitrogens with zero attached hydrogens (tertiary/aromatic N) is 1. The zero-order valence-electron chi connectivity index (χ0n) is 15.5. The second-order valence-corrected chi connectivity index (χ2v) is 8.16. The van der Waals surface area contributed by atoms with Crippen molar-refractivity contribution in [3.8, 4) is 0 Å². The third kappa shape index (κ3) is 2.55. The SMILES string of the molecule is O=C1c2cc(Br)ccc2NC2(C(=O)c3ccccc3C2=O)N1Cc1ccc(F)cc1. The maximum Gasteiger partial charge on any atom is 0.258 e. The Morgan fingerprint density at radius 3 is 2.13 bits per heavy atom. The number of carbonyl (C=O) groups is 3. The molecule has 2 aliphatic rings. The van der Waals surface area contributed by atoms with Gasteiger partial charge in [0.2, 0.25) is 17.2 Å². The number of amides is 1. The van der Waals surface area contributed by atoms with Gasteiger partial charge >= 0.3 is 0 Å². The number of anilines is 1. The molecule has 7 heteroatoms. The standard InChI is InChI=1S/C23H14BrFN2O3/c24-14-7-10-19-18(11-14)22(30)27(12-13-5-8-15(25)9-6-13)23(26-19)20(28)16-3-1-2-4-17(16)21(23)29/h1-11,26H,12H2. The van der Waals surface area contributed by atoms with E-state index in [1.54, 1.807) is 42.5 Å². The fourth-order valence-electron chi connectivity index (χ4n) is 4.06. The molecule has 30 heavy (non-hydrogen) atoms. The Bertz CT molecular complexity index is 1200. The lowest BCUT2D eigenvalue weighted by Gasteiger charge is -2.43. The van der Waals surface area contributed by atoms with Gasteiger partial charge in [-0.15, -0.1) is 0 Å². The van der Waals surface area contributed by atoms with Crippen molar-refractivity contribution in [2.45, 2.75) is 12.2 Å². The fraction of sp³-hybridized carbons (Fsp3) is 0.0870. The monoisotopic (exact) mass is 464 g/mol. The van der Waals surface area contributed by atoms with Gasteiger partial charge in [-0.1, -0.05) is 52.3 Å². The van der Waals surface area contributed by atoms with Gasteiger partial charge < -0.3 is 5.32 Å². The number of benzene rings is 3. The molecule has 0 saturated heterocycles. The lowest BCUT2D eigenvalue weighted by molar-refractivity contribution is 0.0405. The normalized spacial score (nSPS) is 16.5. The average molecular weight is 465 g/mol. The molecule has 1 spiro atoms. The first-order chi connectivity index (χ1) is 14.4. The third-order valence-electron chi connectivity index (χ3n) is 5.51. The van der Waals surface area contributed by atoms with E-state index in [4.69, 9.17) is 0 Å². The lowest BCUT2D eigenvalue weighted by Crippen LogP contribution is -2.66. The Morgan fingerprint density at radius 1 is 0.867 bits per heavy atom. The largest absolute Gasteiger partial charge is 0.349 e. The maximum atomic E-state index is 13.5. The van der Waals surface area contributed by atoms with Crippen LogP contribution in [-0.2, 0) is 6.54 Å². The molecule has 1 amide bonds. The predicted molar refractivity (Wildman–Crippen MR) is 112 cm³/mol. The number of ketones is 2. The van der Waals surface area contributed by atoms with Crippen LogP contribution in [0.1, 0.15) is 36.6 Å².